The van der Waals surface area contributed by atoms with Crippen molar-refractivity contribution >= 4 is 40.9 Å². The zero-order valence-corrected chi connectivity index (χ0v) is 14.3. The number of benzene rings is 2. The first-order valence-electron chi connectivity index (χ1n) is 7.22. The quantitative estimate of drug-likeness (QED) is 0.491. The smallest absolute Gasteiger partial charge is 0.269 e. The molecule has 128 valence electrons. The third-order valence-corrected chi connectivity index (χ3v) is 5.25. The molecule has 2 aromatic rings. The molecule has 0 bridgehead atoms. The Morgan fingerprint density at radius 1 is 1.16 bits per heavy atom. The molecule has 1 saturated heterocycles. The van der Waals surface area contributed by atoms with E-state index in [-0.39, 0.29) is 18.1 Å². The van der Waals surface area contributed by atoms with Crippen LogP contribution in [0.25, 0.3) is 0 Å². The summed E-state index contributed by atoms with van der Waals surface area (Å²) >= 11 is 7.16. The van der Waals surface area contributed by atoms with E-state index in [1.54, 1.807) is 36.4 Å². The van der Waals surface area contributed by atoms with Gasteiger partial charge in [-0.3, -0.25) is 25.1 Å². The lowest BCUT2D eigenvalue weighted by molar-refractivity contribution is -0.384. The van der Waals surface area contributed by atoms with Gasteiger partial charge < -0.3 is 0 Å². The molecule has 0 radical (unpaired) electrons. The molecule has 7 nitrogen and oxygen atoms in total. The van der Waals surface area contributed by atoms with E-state index < -0.39 is 16.1 Å². The van der Waals surface area contributed by atoms with Crippen LogP contribution >= 0.6 is 23.4 Å². The standard InChI is InChI=1S/C16H12ClN3O4S/c17-12-3-1-2-4-13(12)25-14-15(21)18-19(16(14)22)9-10-5-7-11(8-6-10)20(23)24/h1-8,14H,9H2,(H,18,21). The molecule has 9 heteroatoms. The summed E-state index contributed by atoms with van der Waals surface area (Å²) in [5.41, 5.74) is 3.16. The van der Waals surface area contributed by atoms with E-state index in [0.717, 1.165) is 11.8 Å². The van der Waals surface area contributed by atoms with Crippen LogP contribution in [0, 0.1) is 10.1 Å². The SMILES string of the molecule is O=C1NN(Cc2ccc([N+](=O)[O-])cc2)C(=O)C1Sc1ccccc1Cl. The summed E-state index contributed by atoms with van der Waals surface area (Å²) in [6, 6.07) is 12.8. The fourth-order valence-corrected chi connectivity index (χ4v) is 3.54. The number of thioether (sulfide) groups is 1. The molecule has 2 aromatic carbocycles. The number of nitrogens with zero attached hydrogens (tertiary/aromatic N) is 2. The second kappa shape index (κ2) is 7.12. The molecule has 25 heavy (non-hydrogen) atoms. The normalized spacial score (nSPS) is 16.8. The Morgan fingerprint density at radius 2 is 1.84 bits per heavy atom. The van der Waals surface area contributed by atoms with Gasteiger partial charge in [-0.15, -0.1) is 11.8 Å². The molecule has 1 heterocycles. The van der Waals surface area contributed by atoms with Gasteiger partial charge >= 0.3 is 0 Å². The Bertz CT molecular complexity index is 844. The van der Waals surface area contributed by atoms with Crippen molar-refractivity contribution in [3.8, 4) is 0 Å². The van der Waals surface area contributed by atoms with Gasteiger partial charge in [-0.1, -0.05) is 35.9 Å². The molecule has 1 unspecified atom stereocenters. The number of non-ortho nitro benzene ring substituents is 1. The van der Waals surface area contributed by atoms with Gasteiger partial charge in [0.05, 0.1) is 16.5 Å². The third-order valence-electron chi connectivity index (χ3n) is 3.54. The van der Waals surface area contributed by atoms with Crippen molar-refractivity contribution in [1.29, 1.82) is 0 Å². The van der Waals surface area contributed by atoms with E-state index in [9.17, 15) is 19.7 Å². The minimum Gasteiger partial charge on any atom is -0.271 e. The van der Waals surface area contributed by atoms with E-state index in [1.165, 1.54) is 17.1 Å². The Labute approximate surface area is 152 Å². The minimum absolute atomic E-state index is 0.0346. The number of carbonyl (C=O) groups excluding carboxylic acids is 2. The average molecular weight is 378 g/mol. The Kier molecular flexibility index (Phi) is 4.91. The molecule has 1 atom stereocenters. The van der Waals surface area contributed by atoms with Crippen LogP contribution in [0.4, 0.5) is 5.69 Å². The predicted octanol–water partition coefficient (Wildman–Crippen LogP) is 2.78. The predicted molar refractivity (Wildman–Crippen MR) is 92.9 cm³/mol. The molecular weight excluding hydrogens is 366 g/mol. The third kappa shape index (κ3) is 3.75. The second-order valence-corrected chi connectivity index (χ2v) is 6.81. The summed E-state index contributed by atoms with van der Waals surface area (Å²) in [4.78, 5) is 35.4. The molecule has 1 fully saturated rings. The maximum atomic E-state index is 12.5. The molecule has 0 spiro atoms. The van der Waals surface area contributed by atoms with Crippen molar-refractivity contribution < 1.29 is 14.5 Å². The van der Waals surface area contributed by atoms with Crippen molar-refractivity contribution in [2.75, 3.05) is 0 Å². The molecule has 1 aliphatic rings. The number of nitrogens with one attached hydrogen (secondary N) is 1. The fourth-order valence-electron chi connectivity index (χ4n) is 2.29. The van der Waals surface area contributed by atoms with E-state index in [1.807, 2.05) is 0 Å². The van der Waals surface area contributed by atoms with Crippen LogP contribution in [0.1, 0.15) is 5.56 Å². The van der Waals surface area contributed by atoms with Crippen molar-refractivity contribution in [3.63, 3.8) is 0 Å². The molecule has 1 N–H and O–H groups in total. The summed E-state index contributed by atoms with van der Waals surface area (Å²) in [5.74, 6) is -0.801. The number of hydrazine groups is 1. The number of hydrogen-bond donors (Lipinski definition) is 1. The lowest BCUT2D eigenvalue weighted by Gasteiger charge is -2.15. The van der Waals surface area contributed by atoms with Gasteiger partial charge in [-0.2, -0.15) is 0 Å². The highest BCUT2D eigenvalue weighted by Gasteiger charge is 2.40. The maximum absolute atomic E-state index is 12.5. The largest absolute Gasteiger partial charge is 0.271 e. The van der Waals surface area contributed by atoms with E-state index in [0.29, 0.717) is 15.5 Å². The molecule has 3 rings (SSSR count). The van der Waals surface area contributed by atoms with Gasteiger partial charge in [0.15, 0.2) is 5.25 Å². The van der Waals surface area contributed by atoms with E-state index in [4.69, 9.17) is 11.6 Å². The van der Waals surface area contributed by atoms with Crippen molar-refractivity contribution in [2.24, 2.45) is 0 Å². The van der Waals surface area contributed by atoms with Crippen LogP contribution < -0.4 is 5.43 Å². The highest BCUT2D eigenvalue weighted by atomic mass is 35.5. The van der Waals surface area contributed by atoms with Crippen LogP contribution in [0.2, 0.25) is 5.02 Å². The Balaban J connectivity index is 1.70. The number of nitro groups is 1. The summed E-state index contributed by atoms with van der Waals surface area (Å²) in [6.45, 7) is 0.127. The lowest BCUT2D eigenvalue weighted by Crippen LogP contribution is -2.35. The first kappa shape index (κ1) is 17.2. The van der Waals surface area contributed by atoms with Crippen LogP contribution in [-0.4, -0.2) is 27.0 Å². The number of hydrogen-bond acceptors (Lipinski definition) is 5. The van der Waals surface area contributed by atoms with Crippen molar-refractivity contribution in [3.05, 3.63) is 69.2 Å². The summed E-state index contributed by atoms with van der Waals surface area (Å²) in [6.07, 6.45) is 0. The van der Waals surface area contributed by atoms with Gasteiger partial charge in [-0.05, 0) is 17.7 Å². The van der Waals surface area contributed by atoms with Gasteiger partial charge in [0.25, 0.3) is 17.5 Å². The van der Waals surface area contributed by atoms with Gasteiger partial charge in [0.1, 0.15) is 0 Å². The van der Waals surface area contributed by atoms with E-state index in [2.05, 4.69) is 5.43 Å². The Hall–Kier alpha value is -2.58. The zero-order valence-electron chi connectivity index (χ0n) is 12.7. The Morgan fingerprint density at radius 3 is 2.48 bits per heavy atom. The van der Waals surface area contributed by atoms with Crippen LogP contribution in [-0.2, 0) is 16.1 Å². The summed E-state index contributed by atoms with van der Waals surface area (Å²) in [5, 5.41) is 11.4. The van der Waals surface area contributed by atoms with Gasteiger partial charge in [0, 0.05) is 17.0 Å². The molecule has 1 aliphatic heterocycles. The van der Waals surface area contributed by atoms with Gasteiger partial charge in [0.2, 0.25) is 0 Å². The van der Waals surface area contributed by atoms with Crippen LogP contribution in [0.3, 0.4) is 0 Å². The number of amides is 2. The number of rotatable bonds is 5. The minimum atomic E-state index is -0.919. The average Bonchev–Trinajstić information content (AvgIpc) is 2.85. The number of halogens is 1. The van der Waals surface area contributed by atoms with Crippen LogP contribution in [0.5, 0.6) is 0 Å². The molecule has 0 aromatic heterocycles. The molecule has 0 saturated carbocycles. The summed E-state index contributed by atoms with van der Waals surface area (Å²) < 4.78 is 0. The lowest BCUT2D eigenvalue weighted by atomic mass is 10.2. The van der Waals surface area contributed by atoms with Crippen molar-refractivity contribution in [1.82, 2.24) is 10.4 Å². The molecule has 2 amide bonds. The van der Waals surface area contributed by atoms with Gasteiger partial charge in [-0.25, -0.2) is 5.01 Å². The zero-order chi connectivity index (χ0) is 18.0. The highest BCUT2D eigenvalue weighted by molar-refractivity contribution is 8.01. The monoisotopic (exact) mass is 377 g/mol. The molecule has 0 aliphatic carbocycles. The molecular formula is C16H12ClN3O4S. The fraction of sp³-hybridized carbons (Fsp3) is 0.125. The number of carbonyl (C=O) groups is 2. The van der Waals surface area contributed by atoms with Crippen molar-refractivity contribution in [2.45, 2.75) is 16.7 Å². The second-order valence-electron chi connectivity index (χ2n) is 5.25. The van der Waals surface area contributed by atoms with Crippen LogP contribution in [0.15, 0.2) is 53.4 Å². The first-order valence-corrected chi connectivity index (χ1v) is 8.48. The maximum Gasteiger partial charge on any atom is 0.269 e. The van der Waals surface area contributed by atoms with E-state index >= 15 is 0 Å². The summed E-state index contributed by atoms with van der Waals surface area (Å²) in [7, 11) is 0. The number of nitro benzene ring substituents is 1. The first-order chi connectivity index (χ1) is 12.0. The topological polar surface area (TPSA) is 92.6 Å². The highest BCUT2D eigenvalue weighted by Crippen LogP contribution is 2.32.